The maximum absolute atomic E-state index is 12.8. The first-order valence-corrected chi connectivity index (χ1v) is 10.3. The molecule has 0 bridgehead atoms. The van der Waals surface area contributed by atoms with E-state index in [9.17, 15) is 13.2 Å². The Balaban J connectivity index is 1.77. The highest BCUT2D eigenvalue weighted by Crippen LogP contribution is 2.21. The van der Waals surface area contributed by atoms with E-state index in [0.29, 0.717) is 19.4 Å². The van der Waals surface area contributed by atoms with Gasteiger partial charge in [0, 0.05) is 12.6 Å². The van der Waals surface area contributed by atoms with Crippen molar-refractivity contribution < 1.29 is 13.2 Å². The molecule has 1 unspecified atom stereocenters. The minimum absolute atomic E-state index is 0.0224. The van der Waals surface area contributed by atoms with Crippen molar-refractivity contribution >= 4 is 26.5 Å². The van der Waals surface area contributed by atoms with Crippen LogP contribution < -0.4 is 0 Å². The number of fused-ring (bicyclic) bond motifs is 1. The summed E-state index contributed by atoms with van der Waals surface area (Å²) in [4.78, 5) is 14.5. The lowest BCUT2D eigenvalue weighted by Crippen LogP contribution is -2.42. The number of sulfone groups is 1. The number of carbonyl (C=O) groups is 1. The minimum Gasteiger partial charge on any atom is -0.338 e. The van der Waals surface area contributed by atoms with Crippen LogP contribution in [-0.2, 0) is 21.1 Å². The van der Waals surface area contributed by atoms with Crippen LogP contribution in [0, 0.1) is 0 Å². The molecule has 24 heavy (non-hydrogen) atoms. The summed E-state index contributed by atoms with van der Waals surface area (Å²) in [5, 5.41) is 2.27. The Bertz CT molecular complexity index is 845. The lowest BCUT2D eigenvalue weighted by Gasteiger charge is -2.28. The van der Waals surface area contributed by atoms with Gasteiger partial charge in [-0.2, -0.15) is 0 Å². The third-order valence-corrected chi connectivity index (χ3v) is 6.35. The molecular formula is C19H23NO3S. The second-order valence-electron chi connectivity index (χ2n) is 6.50. The molecule has 1 aliphatic heterocycles. The van der Waals surface area contributed by atoms with Gasteiger partial charge in [-0.05, 0) is 29.2 Å². The molecule has 1 heterocycles. The van der Waals surface area contributed by atoms with Crippen LogP contribution >= 0.6 is 0 Å². The van der Waals surface area contributed by atoms with Crippen LogP contribution in [0.25, 0.3) is 10.8 Å². The number of rotatable bonds is 5. The second kappa shape index (κ2) is 6.93. The zero-order valence-electron chi connectivity index (χ0n) is 13.9. The highest BCUT2D eigenvalue weighted by atomic mass is 32.2. The van der Waals surface area contributed by atoms with E-state index in [0.717, 1.165) is 22.8 Å². The zero-order chi connectivity index (χ0) is 17.2. The van der Waals surface area contributed by atoms with Gasteiger partial charge < -0.3 is 4.90 Å². The van der Waals surface area contributed by atoms with Crippen molar-refractivity contribution in [2.75, 3.05) is 18.1 Å². The SMILES string of the molecule is CCCN(C(=O)Cc1ccc2ccccc2c1)C1CCS(=O)(=O)C1. The number of hydrogen-bond acceptors (Lipinski definition) is 3. The van der Waals surface area contributed by atoms with Gasteiger partial charge in [-0.25, -0.2) is 8.42 Å². The Morgan fingerprint density at radius 1 is 1.17 bits per heavy atom. The number of carbonyl (C=O) groups excluding carboxylic acids is 1. The maximum atomic E-state index is 12.8. The van der Waals surface area contributed by atoms with Crippen LogP contribution in [0.3, 0.4) is 0 Å². The van der Waals surface area contributed by atoms with Crippen LogP contribution in [0.4, 0.5) is 0 Å². The van der Waals surface area contributed by atoms with Gasteiger partial charge in [0.1, 0.15) is 0 Å². The Morgan fingerprint density at radius 3 is 2.58 bits per heavy atom. The van der Waals surface area contributed by atoms with Crippen LogP contribution in [-0.4, -0.2) is 43.3 Å². The summed E-state index contributed by atoms with van der Waals surface area (Å²) < 4.78 is 23.5. The molecule has 0 spiro atoms. The molecule has 3 rings (SSSR count). The molecule has 0 aromatic heterocycles. The average molecular weight is 345 g/mol. The topological polar surface area (TPSA) is 54.5 Å². The fourth-order valence-electron chi connectivity index (χ4n) is 3.40. The zero-order valence-corrected chi connectivity index (χ0v) is 14.8. The Kier molecular flexibility index (Phi) is 4.90. The van der Waals surface area contributed by atoms with Crippen LogP contribution in [0.15, 0.2) is 42.5 Å². The number of hydrogen-bond donors (Lipinski definition) is 0. The van der Waals surface area contributed by atoms with E-state index >= 15 is 0 Å². The summed E-state index contributed by atoms with van der Waals surface area (Å²) in [7, 11) is -2.99. The summed E-state index contributed by atoms with van der Waals surface area (Å²) in [5.74, 6) is 0.326. The van der Waals surface area contributed by atoms with Gasteiger partial charge in [-0.15, -0.1) is 0 Å². The molecule has 0 saturated carbocycles. The third kappa shape index (κ3) is 3.78. The predicted octanol–water partition coefficient (Wildman–Crippen LogP) is 2.81. The van der Waals surface area contributed by atoms with Crippen molar-refractivity contribution in [3.8, 4) is 0 Å². The van der Waals surface area contributed by atoms with Crippen molar-refractivity contribution in [2.45, 2.75) is 32.2 Å². The molecular weight excluding hydrogens is 322 g/mol. The molecule has 0 N–H and O–H groups in total. The molecule has 4 nitrogen and oxygen atoms in total. The lowest BCUT2D eigenvalue weighted by atomic mass is 10.0. The molecule has 2 aromatic carbocycles. The minimum atomic E-state index is -2.99. The highest BCUT2D eigenvalue weighted by molar-refractivity contribution is 7.91. The molecule has 1 saturated heterocycles. The lowest BCUT2D eigenvalue weighted by molar-refractivity contribution is -0.132. The largest absolute Gasteiger partial charge is 0.338 e. The van der Waals surface area contributed by atoms with Gasteiger partial charge in [-0.1, -0.05) is 49.4 Å². The fraction of sp³-hybridized carbons (Fsp3) is 0.421. The summed E-state index contributed by atoms with van der Waals surface area (Å²) in [6, 6.07) is 14.0. The second-order valence-corrected chi connectivity index (χ2v) is 8.73. The smallest absolute Gasteiger partial charge is 0.227 e. The van der Waals surface area contributed by atoms with Crippen molar-refractivity contribution in [2.24, 2.45) is 0 Å². The van der Waals surface area contributed by atoms with E-state index in [2.05, 4.69) is 0 Å². The first-order valence-electron chi connectivity index (χ1n) is 8.46. The number of benzene rings is 2. The highest BCUT2D eigenvalue weighted by Gasteiger charge is 2.34. The normalized spacial score (nSPS) is 19.5. The summed E-state index contributed by atoms with van der Waals surface area (Å²) in [5.41, 5.74) is 0.973. The molecule has 2 aromatic rings. The maximum Gasteiger partial charge on any atom is 0.227 e. The molecule has 5 heteroatoms. The standard InChI is InChI=1S/C19H23NO3S/c1-2-10-20(18-9-11-24(22,23)14-18)19(21)13-15-7-8-16-5-3-4-6-17(16)12-15/h3-8,12,18H,2,9-11,13-14H2,1H3. The molecule has 1 atom stereocenters. The molecule has 1 fully saturated rings. The van der Waals surface area contributed by atoms with Crippen molar-refractivity contribution in [3.63, 3.8) is 0 Å². The first-order chi connectivity index (χ1) is 11.5. The number of nitrogens with zero attached hydrogens (tertiary/aromatic N) is 1. The Morgan fingerprint density at radius 2 is 1.92 bits per heavy atom. The van der Waals surface area contributed by atoms with E-state index in [4.69, 9.17) is 0 Å². The summed E-state index contributed by atoms with van der Waals surface area (Å²) >= 11 is 0. The van der Waals surface area contributed by atoms with Gasteiger partial charge in [0.25, 0.3) is 0 Å². The van der Waals surface area contributed by atoms with Crippen LogP contribution in [0.2, 0.25) is 0 Å². The van der Waals surface area contributed by atoms with Gasteiger partial charge in [-0.3, -0.25) is 4.79 Å². The molecule has 1 amide bonds. The van der Waals surface area contributed by atoms with Crippen LogP contribution in [0.1, 0.15) is 25.3 Å². The van der Waals surface area contributed by atoms with E-state index in [1.54, 1.807) is 4.90 Å². The monoisotopic (exact) mass is 345 g/mol. The van der Waals surface area contributed by atoms with Gasteiger partial charge in [0.2, 0.25) is 5.91 Å². The predicted molar refractivity (Wildman–Crippen MR) is 96.7 cm³/mol. The molecule has 128 valence electrons. The van der Waals surface area contributed by atoms with Crippen molar-refractivity contribution in [3.05, 3.63) is 48.0 Å². The summed E-state index contributed by atoms with van der Waals surface area (Å²) in [6.07, 6.45) is 1.72. The molecule has 0 radical (unpaired) electrons. The average Bonchev–Trinajstić information content (AvgIpc) is 2.92. The summed E-state index contributed by atoms with van der Waals surface area (Å²) in [6.45, 7) is 2.63. The van der Waals surface area contributed by atoms with Crippen molar-refractivity contribution in [1.82, 2.24) is 4.90 Å². The first kappa shape index (κ1) is 17.0. The number of amides is 1. The van der Waals surface area contributed by atoms with Crippen molar-refractivity contribution in [1.29, 1.82) is 0 Å². The van der Waals surface area contributed by atoms with E-state index in [1.165, 1.54) is 0 Å². The van der Waals surface area contributed by atoms with Gasteiger partial charge in [0.15, 0.2) is 9.84 Å². The fourth-order valence-corrected chi connectivity index (χ4v) is 5.13. The van der Waals surface area contributed by atoms with Crippen LogP contribution in [0.5, 0.6) is 0 Å². The Labute approximate surface area is 143 Å². The quantitative estimate of drug-likeness (QED) is 0.837. The molecule has 0 aliphatic carbocycles. The third-order valence-electron chi connectivity index (χ3n) is 4.60. The van der Waals surface area contributed by atoms with E-state index in [1.807, 2.05) is 49.4 Å². The Hall–Kier alpha value is -1.88. The molecule has 1 aliphatic rings. The van der Waals surface area contributed by atoms with E-state index in [-0.39, 0.29) is 23.5 Å². The van der Waals surface area contributed by atoms with Gasteiger partial charge in [0.05, 0.1) is 17.9 Å². The van der Waals surface area contributed by atoms with E-state index < -0.39 is 9.84 Å². The van der Waals surface area contributed by atoms with Gasteiger partial charge >= 0.3 is 0 Å².